The average molecular weight is 355 g/mol. The minimum atomic E-state index is -0.503. The Kier molecular flexibility index (Phi) is 12.3. The highest BCUT2D eigenvalue weighted by molar-refractivity contribution is 6.63. The zero-order valence-electron chi connectivity index (χ0n) is 14.9. The Bertz CT molecular complexity index is 431. The molecule has 1 aromatic carbocycles. The first-order valence-electron chi connectivity index (χ1n) is 9.26. The van der Waals surface area contributed by atoms with Crippen LogP contribution in [0.25, 0.3) is 0 Å². The number of halogens is 1. The van der Waals surface area contributed by atoms with E-state index in [-0.39, 0.29) is 6.61 Å². The highest BCUT2D eigenvalue weighted by atomic mass is 35.5. The van der Waals surface area contributed by atoms with Crippen LogP contribution in [0.2, 0.25) is 0 Å². The first-order chi connectivity index (χ1) is 11.7. The number of carbonyl (C=O) groups excluding carboxylic acids is 1. The minimum Gasteiger partial charge on any atom is -0.494 e. The zero-order chi connectivity index (χ0) is 17.5. The molecule has 0 radical (unpaired) electrons. The van der Waals surface area contributed by atoms with Gasteiger partial charge in [-0.2, -0.15) is 0 Å². The summed E-state index contributed by atoms with van der Waals surface area (Å²) in [7, 11) is 0. The Morgan fingerprint density at radius 2 is 1.25 bits per heavy atom. The maximum Gasteiger partial charge on any atom is 0.259 e. The maximum atomic E-state index is 10.6. The highest BCUT2D eigenvalue weighted by Gasteiger charge is 2.00. The summed E-state index contributed by atoms with van der Waals surface area (Å²) in [5.41, 5.74) is 0. The number of ether oxygens (including phenoxy) is 2. The van der Waals surface area contributed by atoms with E-state index in [1.807, 2.05) is 12.1 Å². The summed E-state index contributed by atoms with van der Waals surface area (Å²) >= 11 is 5.23. The largest absolute Gasteiger partial charge is 0.494 e. The van der Waals surface area contributed by atoms with Crippen molar-refractivity contribution in [2.45, 2.75) is 71.1 Å². The van der Waals surface area contributed by atoms with Gasteiger partial charge in [0.15, 0.2) is 6.61 Å². The second-order valence-electron chi connectivity index (χ2n) is 6.15. The molecule has 0 aliphatic rings. The molecule has 24 heavy (non-hydrogen) atoms. The van der Waals surface area contributed by atoms with Crippen LogP contribution in [0, 0.1) is 0 Å². The average Bonchev–Trinajstić information content (AvgIpc) is 2.59. The van der Waals surface area contributed by atoms with E-state index in [0.717, 1.165) is 18.8 Å². The van der Waals surface area contributed by atoms with E-state index in [1.165, 1.54) is 57.8 Å². The molecular weight excluding hydrogens is 324 g/mol. The summed E-state index contributed by atoms with van der Waals surface area (Å²) in [6.07, 6.45) is 13.2. The predicted molar refractivity (Wildman–Crippen MR) is 100 cm³/mol. The molecule has 0 amide bonds. The van der Waals surface area contributed by atoms with Crippen molar-refractivity contribution in [2.75, 3.05) is 13.2 Å². The molecule has 0 saturated carbocycles. The van der Waals surface area contributed by atoms with Crippen molar-refractivity contribution in [1.82, 2.24) is 0 Å². The van der Waals surface area contributed by atoms with Crippen molar-refractivity contribution in [3.63, 3.8) is 0 Å². The number of hydrogen-bond acceptors (Lipinski definition) is 3. The molecule has 0 aromatic heterocycles. The van der Waals surface area contributed by atoms with Gasteiger partial charge in [-0.05, 0) is 42.3 Å². The number of carbonyl (C=O) groups is 1. The van der Waals surface area contributed by atoms with Crippen LogP contribution in [0.15, 0.2) is 24.3 Å². The van der Waals surface area contributed by atoms with Crippen molar-refractivity contribution in [3.05, 3.63) is 24.3 Å². The minimum absolute atomic E-state index is 0.111. The lowest BCUT2D eigenvalue weighted by Gasteiger charge is -2.08. The molecule has 136 valence electrons. The van der Waals surface area contributed by atoms with Crippen LogP contribution < -0.4 is 9.47 Å². The van der Waals surface area contributed by atoms with E-state index >= 15 is 0 Å². The molecule has 0 aliphatic carbocycles. The van der Waals surface area contributed by atoms with Gasteiger partial charge in [0.1, 0.15) is 11.5 Å². The Hall–Kier alpha value is -1.22. The molecule has 3 nitrogen and oxygen atoms in total. The highest BCUT2D eigenvalue weighted by Crippen LogP contribution is 2.18. The lowest BCUT2D eigenvalue weighted by Crippen LogP contribution is -2.04. The van der Waals surface area contributed by atoms with E-state index in [1.54, 1.807) is 12.1 Å². The standard InChI is InChI=1S/C20H31ClO3/c1-2-3-4-5-6-7-8-9-10-11-16-23-18-12-14-19(15-13-18)24-17-20(21)22/h12-15H,2-11,16-17H2,1H3. The van der Waals surface area contributed by atoms with Gasteiger partial charge in [-0.15, -0.1) is 0 Å². The molecule has 0 saturated heterocycles. The van der Waals surface area contributed by atoms with Gasteiger partial charge in [0, 0.05) is 0 Å². The second kappa shape index (κ2) is 14.2. The Morgan fingerprint density at radius 1 is 0.792 bits per heavy atom. The van der Waals surface area contributed by atoms with Crippen molar-refractivity contribution in [1.29, 1.82) is 0 Å². The van der Waals surface area contributed by atoms with Crippen molar-refractivity contribution in [2.24, 2.45) is 0 Å². The molecule has 1 rings (SSSR count). The van der Waals surface area contributed by atoms with Crippen molar-refractivity contribution >= 4 is 16.8 Å². The third-order valence-electron chi connectivity index (χ3n) is 3.94. The van der Waals surface area contributed by atoms with E-state index in [0.29, 0.717) is 5.75 Å². The topological polar surface area (TPSA) is 35.5 Å². The molecule has 0 fully saturated rings. The monoisotopic (exact) mass is 354 g/mol. The van der Waals surface area contributed by atoms with Crippen LogP contribution in [-0.4, -0.2) is 18.5 Å². The normalized spacial score (nSPS) is 10.6. The summed E-state index contributed by atoms with van der Waals surface area (Å²) in [6, 6.07) is 7.27. The third kappa shape index (κ3) is 11.3. The molecule has 4 heteroatoms. The molecule has 0 aliphatic heterocycles. The summed E-state index contributed by atoms with van der Waals surface area (Å²) in [6.45, 7) is 2.89. The molecule has 0 N–H and O–H groups in total. The predicted octanol–water partition coefficient (Wildman–Crippen LogP) is 6.13. The van der Waals surface area contributed by atoms with E-state index in [2.05, 4.69) is 6.92 Å². The second-order valence-corrected chi connectivity index (χ2v) is 6.57. The molecule has 0 atom stereocenters. The Balaban J connectivity index is 1.96. The SMILES string of the molecule is CCCCCCCCCCCCOc1ccc(OCC(=O)Cl)cc1. The van der Waals surface area contributed by atoms with Crippen LogP contribution >= 0.6 is 11.6 Å². The van der Waals surface area contributed by atoms with Gasteiger partial charge in [-0.25, -0.2) is 0 Å². The third-order valence-corrected chi connectivity index (χ3v) is 4.05. The van der Waals surface area contributed by atoms with Gasteiger partial charge < -0.3 is 9.47 Å². The summed E-state index contributed by atoms with van der Waals surface area (Å²) in [4.78, 5) is 10.6. The van der Waals surface area contributed by atoms with Crippen LogP contribution in [0.1, 0.15) is 71.1 Å². The van der Waals surface area contributed by atoms with Crippen molar-refractivity contribution < 1.29 is 14.3 Å². The van der Waals surface area contributed by atoms with Gasteiger partial charge in [-0.3, -0.25) is 4.79 Å². The smallest absolute Gasteiger partial charge is 0.259 e. The number of benzene rings is 1. The van der Waals surface area contributed by atoms with Crippen LogP contribution in [0.3, 0.4) is 0 Å². The number of unbranched alkanes of at least 4 members (excludes halogenated alkanes) is 9. The lowest BCUT2D eigenvalue weighted by molar-refractivity contribution is -0.113. The van der Waals surface area contributed by atoms with Crippen molar-refractivity contribution in [3.8, 4) is 11.5 Å². The first-order valence-corrected chi connectivity index (χ1v) is 9.64. The van der Waals surface area contributed by atoms with Gasteiger partial charge in [0.2, 0.25) is 0 Å². The Labute approximate surface area is 151 Å². The van der Waals surface area contributed by atoms with Gasteiger partial charge in [-0.1, -0.05) is 64.7 Å². The molecule has 0 heterocycles. The fraction of sp³-hybridized carbons (Fsp3) is 0.650. The van der Waals surface area contributed by atoms with Gasteiger partial charge in [0.05, 0.1) is 6.61 Å². The Morgan fingerprint density at radius 3 is 1.75 bits per heavy atom. The van der Waals surface area contributed by atoms with Gasteiger partial charge >= 0.3 is 0 Å². The van der Waals surface area contributed by atoms with Crippen LogP contribution in [-0.2, 0) is 4.79 Å². The number of hydrogen-bond donors (Lipinski definition) is 0. The fourth-order valence-electron chi connectivity index (χ4n) is 2.55. The molecule has 0 spiro atoms. The molecular formula is C20H31ClO3. The van der Waals surface area contributed by atoms with E-state index in [9.17, 15) is 4.79 Å². The fourth-order valence-corrected chi connectivity index (χ4v) is 2.61. The quantitative estimate of drug-likeness (QED) is 0.280. The number of rotatable bonds is 15. The lowest BCUT2D eigenvalue weighted by atomic mass is 10.1. The van der Waals surface area contributed by atoms with Gasteiger partial charge in [0.25, 0.3) is 5.24 Å². The summed E-state index contributed by atoms with van der Waals surface area (Å²) in [5.74, 6) is 1.45. The summed E-state index contributed by atoms with van der Waals surface area (Å²) in [5, 5.41) is -0.503. The maximum absolute atomic E-state index is 10.6. The van der Waals surface area contributed by atoms with E-state index in [4.69, 9.17) is 21.1 Å². The van der Waals surface area contributed by atoms with Crippen LogP contribution in [0.5, 0.6) is 11.5 Å². The van der Waals surface area contributed by atoms with Crippen LogP contribution in [0.4, 0.5) is 0 Å². The first kappa shape index (κ1) is 20.8. The zero-order valence-corrected chi connectivity index (χ0v) is 15.7. The summed E-state index contributed by atoms with van der Waals surface area (Å²) < 4.78 is 10.9. The van der Waals surface area contributed by atoms with E-state index < -0.39 is 5.24 Å². The molecule has 1 aromatic rings. The molecule has 0 unspecified atom stereocenters. The molecule has 0 bridgehead atoms.